The highest BCUT2D eigenvalue weighted by atomic mass is 35.5. The topological polar surface area (TPSA) is 78.9 Å². The lowest BCUT2D eigenvalue weighted by molar-refractivity contribution is -0.00112. The number of fused-ring (bicyclic) bond motifs is 1. The Morgan fingerprint density at radius 2 is 1.89 bits per heavy atom. The van der Waals surface area contributed by atoms with Gasteiger partial charge in [-0.05, 0) is 35.9 Å². The molecule has 1 aliphatic rings. The number of nitrogens with zero attached hydrogens (tertiary/aromatic N) is 5. The molecule has 0 saturated carbocycles. The summed E-state index contributed by atoms with van der Waals surface area (Å²) in [7, 11) is 0. The molecule has 0 radical (unpaired) electrons. The molecule has 0 unspecified atom stereocenters. The minimum atomic E-state index is -0.0717. The van der Waals surface area contributed by atoms with E-state index in [-0.39, 0.29) is 6.10 Å². The summed E-state index contributed by atoms with van der Waals surface area (Å²) in [5, 5.41) is 9.36. The van der Waals surface area contributed by atoms with E-state index in [9.17, 15) is 0 Å². The van der Waals surface area contributed by atoms with Gasteiger partial charge < -0.3 is 9.26 Å². The van der Waals surface area contributed by atoms with Gasteiger partial charge in [-0.15, -0.1) is 0 Å². The number of ether oxygens (including phenoxy) is 1. The van der Waals surface area contributed by atoms with Crippen LogP contribution in [-0.2, 0) is 17.9 Å². The molecule has 0 fully saturated rings. The van der Waals surface area contributed by atoms with Crippen molar-refractivity contribution in [3.8, 4) is 23.0 Å². The zero-order valence-corrected chi connectivity index (χ0v) is 14.9. The number of hydrogen-bond donors (Lipinski definition) is 0. The molecule has 1 atom stereocenters. The molecular weight excluding hydrogens is 366 g/mol. The summed E-state index contributed by atoms with van der Waals surface area (Å²) in [6, 6.07) is 13.3. The molecule has 7 nitrogen and oxygen atoms in total. The molecule has 0 amide bonds. The molecule has 0 spiro atoms. The Hall–Kier alpha value is -3.03. The standard InChI is InChI=1S/C19H14ClN5O2/c20-14-3-1-12(2-4-14)17-10-25-15(11-26-17)9-16(23-25)19-22-18(24-27-19)13-5-7-21-8-6-13/h1-9,17H,10-11H2/t17-/m0/s1. The van der Waals surface area contributed by atoms with Gasteiger partial charge in [0.1, 0.15) is 6.10 Å². The second-order valence-corrected chi connectivity index (χ2v) is 6.65. The van der Waals surface area contributed by atoms with Crippen molar-refractivity contribution < 1.29 is 9.26 Å². The fourth-order valence-corrected chi connectivity index (χ4v) is 3.18. The molecule has 8 heteroatoms. The summed E-state index contributed by atoms with van der Waals surface area (Å²) in [6.07, 6.45) is 3.31. The molecule has 4 aromatic rings. The van der Waals surface area contributed by atoms with Crippen LogP contribution in [0.3, 0.4) is 0 Å². The van der Waals surface area contributed by atoms with Crippen LogP contribution in [0.5, 0.6) is 0 Å². The van der Waals surface area contributed by atoms with Crippen LogP contribution < -0.4 is 0 Å². The highest BCUT2D eigenvalue weighted by molar-refractivity contribution is 6.30. The minimum absolute atomic E-state index is 0.0717. The Morgan fingerprint density at radius 1 is 1.07 bits per heavy atom. The SMILES string of the molecule is Clc1ccc([C@@H]2Cn3nc(-c4nc(-c5ccncc5)no4)cc3CO2)cc1. The Bertz CT molecular complexity index is 1080. The normalized spacial score (nSPS) is 16.3. The van der Waals surface area contributed by atoms with Crippen LogP contribution in [0, 0.1) is 0 Å². The van der Waals surface area contributed by atoms with Crippen molar-refractivity contribution >= 4 is 11.6 Å². The van der Waals surface area contributed by atoms with Crippen LogP contribution in [0.1, 0.15) is 17.4 Å². The second-order valence-electron chi connectivity index (χ2n) is 6.21. The van der Waals surface area contributed by atoms with Gasteiger partial charge in [0.15, 0.2) is 5.69 Å². The molecule has 1 aliphatic heterocycles. The second kappa shape index (κ2) is 6.61. The van der Waals surface area contributed by atoms with Gasteiger partial charge in [-0.25, -0.2) is 0 Å². The van der Waals surface area contributed by atoms with Crippen LogP contribution in [0.4, 0.5) is 0 Å². The average Bonchev–Trinajstić information content (AvgIpc) is 3.36. The Morgan fingerprint density at radius 3 is 2.70 bits per heavy atom. The number of benzene rings is 1. The van der Waals surface area contributed by atoms with Crippen LogP contribution in [0.25, 0.3) is 23.0 Å². The first-order valence-electron chi connectivity index (χ1n) is 8.44. The summed E-state index contributed by atoms with van der Waals surface area (Å²) in [5.74, 6) is 0.889. The van der Waals surface area contributed by atoms with Crippen LogP contribution >= 0.6 is 11.6 Å². The third-order valence-corrected chi connectivity index (χ3v) is 4.71. The Kier molecular flexibility index (Phi) is 3.95. The zero-order chi connectivity index (χ0) is 18.2. The summed E-state index contributed by atoms with van der Waals surface area (Å²) >= 11 is 5.96. The molecule has 0 N–H and O–H groups in total. The van der Waals surface area contributed by atoms with Crippen molar-refractivity contribution in [3.05, 3.63) is 71.1 Å². The van der Waals surface area contributed by atoms with Gasteiger partial charge in [0.25, 0.3) is 5.89 Å². The molecule has 27 heavy (non-hydrogen) atoms. The van der Waals surface area contributed by atoms with Crippen molar-refractivity contribution in [2.75, 3.05) is 0 Å². The van der Waals surface area contributed by atoms with E-state index in [1.165, 1.54) is 0 Å². The van der Waals surface area contributed by atoms with E-state index in [0.29, 0.717) is 35.6 Å². The lowest BCUT2D eigenvalue weighted by Crippen LogP contribution is -2.21. The van der Waals surface area contributed by atoms with Crippen LogP contribution in [0.15, 0.2) is 59.4 Å². The quantitative estimate of drug-likeness (QED) is 0.536. The number of halogens is 1. The maximum atomic E-state index is 5.98. The van der Waals surface area contributed by atoms with Gasteiger partial charge in [-0.2, -0.15) is 10.1 Å². The van der Waals surface area contributed by atoms with Gasteiger partial charge in [0.2, 0.25) is 5.82 Å². The number of hydrogen-bond acceptors (Lipinski definition) is 6. The van der Waals surface area contributed by atoms with E-state index in [1.54, 1.807) is 12.4 Å². The van der Waals surface area contributed by atoms with Gasteiger partial charge in [-0.3, -0.25) is 9.67 Å². The molecule has 134 valence electrons. The van der Waals surface area contributed by atoms with Crippen molar-refractivity contribution in [1.29, 1.82) is 0 Å². The summed E-state index contributed by atoms with van der Waals surface area (Å²) in [4.78, 5) is 8.44. The fraction of sp³-hybridized carbons (Fsp3) is 0.158. The van der Waals surface area contributed by atoms with E-state index < -0.39 is 0 Å². The van der Waals surface area contributed by atoms with Crippen molar-refractivity contribution in [2.45, 2.75) is 19.3 Å². The van der Waals surface area contributed by atoms with E-state index in [1.807, 2.05) is 47.1 Å². The Labute approximate surface area is 159 Å². The van der Waals surface area contributed by atoms with Gasteiger partial charge >= 0.3 is 0 Å². The minimum Gasteiger partial charge on any atom is -0.365 e. The van der Waals surface area contributed by atoms with Gasteiger partial charge in [0.05, 0.1) is 18.8 Å². The van der Waals surface area contributed by atoms with Crippen molar-refractivity contribution in [2.24, 2.45) is 0 Å². The third-order valence-electron chi connectivity index (χ3n) is 4.46. The molecule has 4 heterocycles. The predicted molar refractivity (Wildman–Crippen MR) is 97.7 cm³/mol. The van der Waals surface area contributed by atoms with E-state index >= 15 is 0 Å². The van der Waals surface area contributed by atoms with E-state index in [2.05, 4.69) is 20.2 Å². The van der Waals surface area contributed by atoms with Crippen molar-refractivity contribution in [3.63, 3.8) is 0 Å². The molecule has 5 rings (SSSR count). The molecular formula is C19H14ClN5O2. The highest BCUT2D eigenvalue weighted by Gasteiger charge is 2.24. The number of aromatic nitrogens is 5. The molecule has 0 bridgehead atoms. The maximum absolute atomic E-state index is 5.98. The molecule has 3 aromatic heterocycles. The molecule has 0 saturated heterocycles. The number of pyridine rings is 1. The summed E-state index contributed by atoms with van der Waals surface area (Å²) in [5.41, 5.74) is 3.52. The van der Waals surface area contributed by atoms with Crippen LogP contribution in [-0.4, -0.2) is 24.9 Å². The lowest BCUT2D eigenvalue weighted by atomic mass is 10.1. The Balaban J connectivity index is 1.40. The maximum Gasteiger partial charge on any atom is 0.278 e. The van der Waals surface area contributed by atoms with Gasteiger partial charge in [0, 0.05) is 23.0 Å². The smallest absolute Gasteiger partial charge is 0.278 e. The molecule has 1 aromatic carbocycles. The first-order valence-corrected chi connectivity index (χ1v) is 8.82. The van der Waals surface area contributed by atoms with E-state index in [4.69, 9.17) is 20.9 Å². The average molecular weight is 380 g/mol. The molecule has 0 aliphatic carbocycles. The van der Waals surface area contributed by atoms with Crippen LogP contribution in [0.2, 0.25) is 5.02 Å². The summed E-state index contributed by atoms with van der Waals surface area (Å²) in [6.45, 7) is 1.08. The highest BCUT2D eigenvalue weighted by Crippen LogP contribution is 2.29. The first kappa shape index (κ1) is 16.2. The monoisotopic (exact) mass is 379 g/mol. The van der Waals surface area contributed by atoms with E-state index in [0.717, 1.165) is 16.8 Å². The first-order chi connectivity index (χ1) is 13.3. The van der Waals surface area contributed by atoms with Gasteiger partial charge in [-0.1, -0.05) is 28.9 Å². The number of rotatable bonds is 3. The lowest BCUT2D eigenvalue weighted by Gasteiger charge is -2.24. The van der Waals surface area contributed by atoms with Crippen molar-refractivity contribution in [1.82, 2.24) is 24.9 Å². The predicted octanol–water partition coefficient (Wildman–Crippen LogP) is 3.92. The summed E-state index contributed by atoms with van der Waals surface area (Å²) < 4.78 is 13.3. The third kappa shape index (κ3) is 3.11. The fourth-order valence-electron chi connectivity index (χ4n) is 3.05. The zero-order valence-electron chi connectivity index (χ0n) is 14.1. The largest absolute Gasteiger partial charge is 0.365 e.